The maximum Gasteiger partial charge on any atom is 0.133 e. The molecule has 0 amide bonds. The van der Waals surface area contributed by atoms with Crippen molar-refractivity contribution in [3.63, 3.8) is 0 Å². The van der Waals surface area contributed by atoms with E-state index < -0.39 is 0 Å². The van der Waals surface area contributed by atoms with E-state index in [-0.39, 0.29) is 0 Å². The molecule has 3 rings (SSSR count). The average Bonchev–Trinajstić information content (AvgIpc) is 2.65. The molecule has 0 bridgehead atoms. The lowest BCUT2D eigenvalue weighted by molar-refractivity contribution is 0.372. The van der Waals surface area contributed by atoms with Crippen molar-refractivity contribution in [1.82, 2.24) is 5.43 Å². The fraction of sp³-hybridized carbons (Fsp3) is 0.100. The van der Waals surface area contributed by atoms with E-state index >= 15 is 0 Å². The quantitative estimate of drug-likeness (QED) is 0.581. The minimum Gasteiger partial charge on any atom is -0.487 e. The summed E-state index contributed by atoms with van der Waals surface area (Å²) in [6.07, 6.45) is 1.79. The first-order valence-corrected chi connectivity index (χ1v) is 4.14. The van der Waals surface area contributed by atoms with Gasteiger partial charge in [0.2, 0.25) is 0 Å². The largest absolute Gasteiger partial charge is 0.487 e. The summed E-state index contributed by atoms with van der Waals surface area (Å²) in [6.45, 7) is 0.534. The molecule has 3 nitrogen and oxygen atoms in total. The number of fused-ring (bicyclic) bond motifs is 3. The Kier molecular flexibility index (Phi) is 1.22. The molecule has 0 saturated heterocycles. The molecule has 3 heteroatoms. The van der Waals surface area contributed by atoms with Crippen LogP contribution in [-0.4, -0.2) is 12.3 Å². The fourth-order valence-electron chi connectivity index (χ4n) is 1.58. The van der Waals surface area contributed by atoms with Crippen LogP contribution in [0.2, 0.25) is 0 Å². The van der Waals surface area contributed by atoms with Crippen molar-refractivity contribution in [3.8, 4) is 5.75 Å². The molecule has 0 spiro atoms. The summed E-state index contributed by atoms with van der Waals surface area (Å²) in [6, 6.07) is 7.94. The first-order chi connectivity index (χ1) is 6.45. The molecule has 0 fully saturated rings. The molecule has 0 aromatic heterocycles. The molecule has 1 aromatic rings. The fourth-order valence-corrected chi connectivity index (χ4v) is 1.58. The van der Waals surface area contributed by atoms with E-state index in [0.717, 1.165) is 22.6 Å². The molecule has 0 unspecified atom stereocenters. The minimum atomic E-state index is 0.534. The number of benzene rings is 1. The second-order valence-electron chi connectivity index (χ2n) is 2.99. The van der Waals surface area contributed by atoms with Gasteiger partial charge in [0.05, 0.1) is 6.20 Å². The maximum atomic E-state index is 5.51. The van der Waals surface area contributed by atoms with Gasteiger partial charge in [-0.3, -0.25) is 0 Å². The van der Waals surface area contributed by atoms with Gasteiger partial charge in [0, 0.05) is 11.1 Å². The van der Waals surface area contributed by atoms with E-state index in [1.54, 1.807) is 6.20 Å². The first kappa shape index (κ1) is 6.71. The Hall–Kier alpha value is -1.77. The van der Waals surface area contributed by atoms with Crippen molar-refractivity contribution >= 4 is 11.3 Å². The number of para-hydroxylation sites is 1. The van der Waals surface area contributed by atoms with Gasteiger partial charge < -0.3 is 4.74 Å². The molecule has 13 heavy (non-hydrogen) atoms. The van der Waals surface area contributed by atoms with Crippen molar-refractivity contribution in [2.24, 2.45) is 5.10 Å². The molecule has 0 N–H and O–H groups in total. The molecule has 2 aliphatic heterocycles. The SMILES string of the molecule is C1=C2C(=N[N]1)COc1ccccc12. The lowest BCUT2D eigenvalue weighted by Crippen LogP contribution is -2.17. The Morgan fingerprint density at radius 2 is 2.15 bits per heavy atom. The molecule has 0 saturated carbocycles. The van der Waals surface area contributed by atoms with Gasteiger partial charge >= 0.3 is 0 Å². The molecule has 0 atom stereocenters. The summed E-state index contributed by atoms with van der Waals surface area (Å²) in [7, 11) is 0. The molecule has 63 valence electrons. The number of nitrogens with zero attached hydrogens (tertiary/aromatic N) is 2. The Morgan fingerprint density at radius 3 is 3.15 bits per heavy atom. The van der Waals surface area contributed by atoms with E-state index in [1.165, 1.54) is 0 Å². The van der Waals surface area contributed by atoms with Gasteiger partial charge in [-0.15, -0.1) is 0 Å². The van der Waals surface area contributed by atoms with Gasteiger partial charge in [0.25, 0.3) is 0 Å². The van der Waals surface area contributed by atoms with E-state index in [9.17, 15) is 0 Å². The topological polar surface area (TPSA) is 35.7 Å². The molecule has 2 heterocycles. The van der Waals surface area contributed by atoms with Crippen LogP contribution < -0.4 is 10.2 Å². The second-order valence-corrected chi connectivity index (χ2v) is 2.99. The highest BCUT2D eigenvalue weighted by Gasteiger charge is 2.23. The van der Waals surface area contributed by atoms with E-state index in [1.807, 2.05) is 24.3 Å². The lowest BCUT2D eigenvalue weighted by atomic mass is 10.00. The van der Waals surface area contributed by atoms with Crippen molar-refractivity contribution in [2.75, 3.05) is 6.61 Å². The van der Waals surface area contributed by atoms with Crippen LogP contribution >= 0.6 is 0 Å². The molecular weight excluding hydrogens is 164 g/mol. The summed E-state index contributed by atoms with van der Waals surface area (Å²) in [5, 5.41) is 3.98. The number of ether oxygens (including phenoxy) is 1. The second kappa shape index (κ2) is 2.36. The summed E-state index contributed by atoms with van der Waals surface area (Å²) in [4.78, 5) is 0. The van der Waals surface area contributed by atoms with E-state index in [0.29, 0.717) is 6.61 Å². The highest BCUT2D eigenvalue weighted by atomic mass is 16.5. The average molecular weight is 171 g/mol. The molecule has 0 aliphatic carbocycles. The van der Waals surface area contributed by atoms with Gasteiger partial charge in [-0.05, 0) is 6.07 Å². The lowest BCUT2D eigenvalue weighted by Gasteiger charge is -2.17. The molecule has 2 aliphatic rings. The van der Waals surface area contributed by atoms with E-state index in [4.69, 9.17) is 4.74 Å². The van der Waals surface area contributed by atoms with Gasteiger partial charge in [0.1, 0.15) is 18.1 Å². The molecule has 1 aromatic carbocycles. The Morgan fingerprint density at radius 1 is 1.23 bits per heavy atom. The summed E-state index contributed by atoms with van der Waals surface area (Å²) < 4.78 is 5.51. The highest BCUT2D eigenvalue weighted by molar-refractivity contribution is 6.27. The van der Waals surface area contributed by atoms with Gasteiger partial charge in [-0.2, -0.15) is 10.5 Å². The van der Waals surface area contributed by atoms with Crippen LogP contribution in [0.3, 0.4) is 0 Å². The third-order valence-electron chi connectivity index (χ3n) is 2.22. The third kappa shape index (κ3) is 0.869. The van der Waals surface area contributed by atoms with Crippen LogP contribution in [0.5, 0.6) is 5.75 Å². The smallest absolute Gasteiger partial charge is 0.133 e. The third-order valence-corrected chi connectivity index (χ3v) is 2.22. The van der Waals surface area contributed by atoms with Crippen LogP contribution in [0.25, 0.3) is 5.57 Å². The summed E-state index contributed by atoms with van der Waals surface area (Å²) in [5.41, 5.74) is 6.99. The minimum absolute atomic E-state index is 0.534. The Labute approximate surface area is 75.7 Å². The summed E-state index contributed by atoms with van der Waals surface area (Å²) in [5.74, 6) is 0.921. The molecule has 1 radical (unpaired) electrons. The van der Waals surface area contributed by atoms with Crippen LogP contribution in [0.1, 0.15) is 5.56 Å². The van der Waals surface area contributed by atoms with Crippen molar-refractivity contribution < 1.29 is 4.74 Å². The maximum absolute atomic E-state index is 5.51. The Balaban J connectivity index is 2.22. The van der Waals surface area contributed by atoms with E-state index in [2.05, 4.69) is 10.5 Å². The molecular formula is C10H7N2O. The zero-order valence-electron chi connectivity index (χ0n) is 6.90. The highest BCUT2D eigenvalue weighted by Crippen LogP contribution is 2.32. The van der Waals surface area contributed by atoms with Crippen LogP contribution in [0.15, 0.2) is 35.6 Å². The van der Waals surface area contributed by atoms with Crippen molar-refractivity contribution in [1.29, 1.82) is 0 Å². The van der Waals surface area contributed by atoms with Crippen molar-refractivity contribution in [2.45, 2.75) is 0 Å². The number of rotatable bonds is 0. The van der Waals surface area contributed by atoms with Gasteiger partial charge in [-0.1, -0.05) is 18.2 Å². The Bertz CT molecular complexity index is 421. The number of hydrogen-bond acceptors (Lipinski definition) is 2. The van der Waals surface area contributed by atoms with Gasteiger partial charge in [0.15, 0.2) is 0 Å². The first-order valence-electron chi connectivity index (χ1n) is 4.14. The zero-order chi connectivity index (χ0) is 8.67. The van der Waals surface area contributed by atoms with Crippen LogP contribution in [0.4, 0.5) is 0 Å². The monoisotopic (exact) mass is 171 g/mol. The predicted octanol–water partition coefficient (Wildman–Crippen LogP) is 1.39. The standard InChI is InChI=1S/C10H7N2O/c1-2-4-10-7(3-1)8-5-11-12-9(8)6-13-10/h1-5H,6H2. The van der Waals surface area contributed by atoms with Crippen LogP contribution in [-0.2, 0) is 0 Å². The number of hydrogen-bond donors (Lipinski definition) is 0. The predicted molar refractivity (Wildman–Crippen MR) is 49.5 cm³/mol. The van der Waals surface area contributed by atoms with Gasteiger partial charge in [-0.25, -0.2) is 0 Å². The van der Waals surface area contributed by atoms with Crippen molar-refractivity contribution in [3.05, 3.63) is 36.0 Å². The normalized spacial score (nSPS) is 17.5. The zero-order valence-corrected chi connectivity index (χ0v) is 6.90. The van der Waals surface area contributed by atoms with Crippen LogP contribution in [0, 0.1) is 0 Å². The summed E-state index contributed by atoms with van der Waals surface area (Å²) >= 11 is 0.